The summed E-state index contributed by atoms with van der Waals surface area (Å²) in [6, 6.07) is 5.01. The number of ether oxygens (including phenoxy) is 2. The lowest BCUT2D eigenvalue weighted by atomic mass is 9.81. The van der Waals surface area contributed by atoms with Crippen molar-refractivity contribution in [3.63, 3.8) is 0 Å². The molecule has 1 aromatic rings. The van der Waals surface area contributed by atoms with E-state index < -0.39 is 6.04 Å². The lowest BCUT2D eigenvalue weighted by Crippen LogP contribution is -2.52. The SMILES string of the molecule is CO[C@H]1C[C@H](CN2CCC[C@@H](Oc3ccc4c(c3)CN(C3CCC(=O)NC3=O)C4=O)C2)C1. The van der Waals surface area contributed by atoms with Gasteiger partial charge in [0.05, 0.1) is 6.10 Å². The summed E-state index contributed by atoms with van der Waals surface area (Å²) in [5.74, 6) is 0.687. The van der Waals surface area contributed by atoms with Gasteiger partial charge in [0.25, 0.3) is 5.91 Å². The van der Waals surface area contributed by atoms with Gasteiger partial charge in [-0.2, -0.15) is 0 Å². The average molecular weight is 442 g/mol. The molecule has 3 heterocycles. The fourth-order valence-electron chi connectivity index (χ4n) is 5.47. The van der Waals surface area contributed by atoms with Crippen LogP contribution in [0.1, 0.15) is 54.4 Å². The first-order valence-electron chi connectivity index (χ1n) is 11.7. The fourth-order valence-corrected chi connectivity index (χ4v) is 5.47. The van der Waals surface area contributed by atoms with E-state index in [0.29, 0.717) is 24.6 Å². The topological polar surface area (TPSA) is 88.2 Å². The van der Waals surface area contributed by atoms with Gasteiger partial charge >= 0.3 is 0 Å². The Kier molecular flexibility index (Phi) is 5.90. The molecule has 1 N–H and O–H groups in total. The van der Waals surface area contributed by atoms with Crippen molar-refractivity contribution < 1.29 is 23.9 Å². The first-order chi connectivity index (χ1) is 15.5. The summed E-state index contributed by atoms with van der Waals surface area (Å²) in [5.41, 5.74) is 1.50. The zero-order valence-electron chi connectivity index (χ0n) is 18.5. The zero-order chi connectivity index (χ0) is 22.2. The van der Waals surface area contributed by atoms with Crippen LogP contribution in [0.4, 0.5) is 0 Å². The fraction of sp³-hybridized carbons (Fsp3) is 0.625. The van der Waals surface area contributed by atoms with Crippen LogP contribution in [0.5, 0.6) is 5.75 Å². The Balaban J connectivity index is 1.19. The number of nitrogens with zero attached hydrogens (tertiary/aromatic N) is 2. The second kappa shape index (κ2) is 8.83. The first-order valence-corrected chi connectivity index (χ1v) is 11.7. The molecule has 3 aliphatic heterocycles. The highest BCUT2D eigenvalue weighted by molar-refractivity contribution is 6.05. The largest absolute Gasteiger partial charge is 0.489 e. The number of methoxy groups -OCH3 is 1. The van der Waals surface area contributed by atoms with Gasteiger partial charge in [-0.1, -0.05) is 0 Å². The number of nitrogens with one attached hydrogen (secondary N) is 1. The van der Waals surface area contributed by atoms with Crippen LogP contribution in [0.25, 0.3) is 0 Å². The standard InChI is InChI=1S/C24H31N3O5/c1-31-19-9-15(10-19)12-26-8-2-3-18(14-26)32-17-4-5-20-16(11-17)13-27(24(20)30)21-6-7-22(28)25-23(21)29/h4-5,11,15,18-19,21H,2-3,6-10,12-14H2,1H3,(H,25,28,29)/t15-,18-,19-,21?/m1/s1. The van der Waals surface area contributed by atoms with Crippen molar-refractivity contribution in [1.29, 1.82) is 0 Å². The molecule has 3 fully saturated rings. The molecule has 32 heavy (non-hydrogen) atoms. The minimum absolute atomic E-state index is 0.142. The van der Waals surface area contributed by atoms with E-state index in [1.807, 2.05) is 12.1 Å². The van der Waals surface area contributed by atoms with E-state index in [1.54, 1.807) is 18.1 Å². The molecule has 8 heteroatoms. The van der Waals surface area contributed by atoms with Crippen molar-refractivity contribution in [3.8, 4) is 5.75 Å². The van der Waals surface area contributed by atoms with Crippen LogP contribution in [-0.2, 0) is 20.9 Å². The Morgan fingerprint density at radius 2 is 1.97 bits per heavy atom. The van der Waals surface area contributed by atoms with Crippen molar-refractivity contribution in [1.82, 2.24) is 15.1 Å². The van der Waals surface area contributed by atoms with Crippen LogP contribution in [0.2, 0.25) is 0 Å². The van der Waals surface area contributed by atoms with Crippen molar-refractivity contribution in [2.45, 2.75) is 63.3 Å². The van der Waals surface area contributed by atoms with Crippen LogP contribution >= 0.6 is 0 Å². The highest BCUT2D eigenvalue weighted by Gasteiger charge is 2.39. The molecular formula is C24H31N3O5. The molecule has 1 unspecified atom stereocenters. The highest BCUT2D eigenvalue weighted by atomic mass is 16.5. The summed E-state index contributed by atoms with van der Waals surface area (Å²) in [5, 5.41) is 2.34. The summed E-state index contributed by atoms with van der Waals surface area (Å²) in [6.45, 7) is 3.52. The molecule has 1 aromatic carbocycles. The summed E-state index contributed by atoms with van der Waals surface area (Å²) < 4.78 is 11.7. The lowest BCUT2D eigenvalue weighted by molar-refractivity contribution is -0.136. The molecule has 8 nitrogen and oxygen atoms in total. The van der Waals surface area contributed by atoms with E-state index in [-0.39, 0.29) is 30.2 Å². The number of hydrogen-bond donors (Lipinski definition) is 1. The Labute approximate surface area is 188 Å². The zero-order valence-corrected chi connectivity index (χ0v) is 18.5. The number of benzene rings is 1. The van der Waals surface area contributed by atoms with Crippen molar-refractivity contribution in [3.05, 3.63) is 29.3 Å². The van der Waals surface area contributed by atoms with Crippen LogP contribution in [0.15, 0.2) is 18.2 Å². The number of rotatable bonds is 6. The van der Waals surface area contributed by atoms with Crippen molar-refractivity contribution >= 4 is 17.7 Å². The minimum atomic E-state index is -0.590. The monoisotopic (exact) mass is 441 g/mol. The molecule has 0 spiro atoms. The molecule has 4 aliphatic rings. The second-order valence-electron chi connectivity index (χ2n) is 9.56. The smallest absolute Gasteiger partial charge is 0.255 e. The van der Waals surface area contributed by atoms with Gasteiger partial charge in [-0.05, 0) is 68.3 Å². The van der Waals surface area contributed by atoms with Gasteiger partial charge in [-0.15, -0.1) is 0 Å². The Hall–Kier alpha value is -2.45. The molecule has 172 valence electrons. The molecule has 2 saturated heterocycles. The van der Waals surface area contributed by atoms with E-state index in [1.165, 1.54) is 0 Å². The Morgan fingerprint density at radius 3 is 2.75 bits per heavy atom. The highest BCUT2D eigenvalue weighted by Crippen LogP contribution is 2.33. The third-order valence-electron chi connectivity index (χ3n) is 7.30. The lowest BCUT2D eigenvalue weighted by Gasteiger charge is -2.40. The van der Waals surface area contributed by atoms with Gasteiger partial charge in [0.2, 0.25) is 11.8 Å². The predicted molar refractivity (Wildman–Crippen MR) is 116 cm³/mol. The van der Waals surface area contributed by atoms with Crippen molar-refractivity contribution in [2.75, 3.05) is 26.7 Å². The van der Waals surface area contributed by atoms with Gasteiger partial charge in [0.15, 0.2) is 0 Å². The van der Waals surface area contributed by atoms with Crippen LogP contribution < -0.4 is 10.1 Å². The summed E-state index contributed by atoms with van der Waals surface area (Å²) in [4.78, 5) is 40.6. The average Bonchev–Trinajstić information content (AvgIpc) is 3.06. The van der Waals surface area contributed by atoms with E-state index >= 15 is 0 Å². The molecule has 0 bridgehead atoms. The van der Waals surface area contributed by atoms with Crippen molar-refractivity contribution in [2.24, 2.45) is 5.92 Å². The van der Waals surface area contributed by atoms with E-state index in [9.17, 15) is 14.4 Å². The molecule has 1 aliphatic carbocycles. The third-order valence-corrected chi connectivity index (χ3v) is 7.30. The molecular weight excluding hydrogens is 410 g/mol. The van der Waals surface area contributed by atoms with Crippen LogP contribution in [0.3, 0.4) is 0 Å². The summed E-state index contributed by atoms with van der Waals surface area (Å²) >= 11 is 0. The maximum atomic E-state index is 12.9. The molecule has 1 saturated carbocycles. The Morgan fingerprint density at radius 1 is 1.12 bits per heavy atom. The second-order valence-corrected chi connectivity index (χ2v) is 9.56. The number of amides is 3. The molecule has 2 atom stereocenters. The van der Waals surface area contributed by atoms with Gasteiger partial charge in [-0.25, -0.2) is 0 Å². The predicted octanol–water partition coefficient (Wildman–Crippen LogP) is 1.72. The number of carbonyl (C=O) groups excluding carboxylic acids is 3. The van der Waals surface area contributed by atoms with E-state index in [0.717, 1.165) is 62.5 Å². The van der Waals surface area contributed by atoms with Crippen LogP contribution in [0, 0.1) is 5.92 Å². The molecule has 5 rings (SSSR count). The Bertz CT molecular complexity index is 913. The van der Waals surface area contributed by atoms with E-state index in [2.05, 4.69) is 10.2 Å². The van der Waals surface area contributed by atoms with E-state index in [4.69, 9.17) is 9.47 Å². The molecule has 3 amide bonds. The number of carbonyl (C=O) groups is 3. The maximum absolute atomic E-state index is 12.9. The summed E-state index contributed by atoms with van der Waals surface area (Å²) in [7, 11) is 1.79. The first kappa shape index (κ1) is 21.4. The number of fused-ring (bicyclic) bond motifs is 1. The number of likely N-dealkylation sites (tertiary alicyclic amines) is 1. The normalized spacial score (nSPS) is 30.7. The molecule has 0 aromatic heterocycles. The quantitative estimate of drug-likeness (QED) is 0.677. The minimum Gasteiger partial charge on any atom is -0.489 e. The summed E-state index contributed by atoms with van der Waals surface area (Å²) in [6.07, 6.45) is 5.67. The maximum Gasteiger partial charge on any atom is 0.255 e. The van der Waals surface area contributed by atoms with Gasteiger partial charge < -0.3 is 14.4 Å². The third kappa shape index (κ3) is 4.26. The van der Waals surface area contributed by atoms with Gasteiger partial charge in [0, 0.05) is 38.7 Å². The number of piperidine rings is 2. The molecule has 0 radical (unpaired) electrons. The number of hydrogen-bond acceptors (Lipinski definition) is 6. The van der Waals surface area contributed by atoms with Gasteiger partial charge in [-0.3, -0.25) is 24.6 Å². The number of imide groups is 1. The van der Waals surface area contributed by atoms with Crippen LogP contribution in [-0.4, -0.2) is 72.5 Å². The van der Waals surface area contributed by atoms with Gasteiger partial charge in [0.1, 0.15) is 17.9 Å².